The lowest BCUT2D eigenvalue weighted by molar-refractivity contribution is 0.117. The van der Waals surface area contributed by atoms with Gasteiger partial charge in [0.05, 0.1) is 13.2 Å². The van der Waals surface area contributed by atoms with Crippen molar-refractivity contribution in [2.45, 2.75) is 44.2 Å². The van der Waals surface area contributed by atoms with Gasteiger partial charge in [0.15, 0.2) is 0 Å². The molecule has 2 fully saturated rings. The van der Waals surface area contributed by atoms with E-state index in [0.29, 0.717) is 74.5 Å². The second kappa shape index (κ2) is 20.9. The number of carbonyl (C=O) groups is 2. The second-order valence-corrected chi connectivity index (χ2v) is 14.9. The van der Waals surface area contributed by atoms with Crippen molar-refractivity contribution in [3.63, 3.8) is 0 Å². The molecule has 0 unspecified atom stereocenters. The number of carboxylic acid groups (broad SMARTS) is 1. The summed E-state index contributed by atoms with van der Waals surface area (Å²) in [4.78, 5) is 35.1. The van der Waals surface area contributed by atoms with E-state index in [1.54, 1.807) is 33.7 Å². The van der Waals surface area contributed by atoms with Crippen molar-refractivity contribution in [3.05, 3.63) is 102 Å². The van der Waals surface area contributed by atoms with Gasteiger partial charge in [0.1, 0.15) is 17.2 Å². The van der Waals surface area contributed by atoms with Crippen LogP contribution in [0.2, 0.25) is 0 Å². The van der Waals surface area contributed by atoms with Gasteiger partial charge in [-0.15, -0.1) is 5.10 Å². The molecule has 3 aromatic heterocycles. The molecule has 7 rings (SSSR count). The Bertz CT molecular complexity index is 1970. The predicted molar refractivity (Wildman–Crippen MR) is 213 cm³/mol. The number of thioether (sulfide) groups is 1. The topological polar surface area (TPSA) is 167 Å². The Balaban J connectivity index is 0.000000269. The first-order chi connectivity index (χ1) is 27.8. The van der Waals surface area contributed by atoms with Crippen LogP contribution in [0.3, 0.4) is 0 Å². The zero-order valence-corrected chi connectivity index (χ0v) is 33.0. The number of hydrogen-bond donors (Lipinski definition) is 1. The van der Waals surface area contributed by atoms with Crippen LogP contribution in [0.15, 0.2) is 96.4 Å². The normalized spacial score (nSPS) is 14.6. The van der Waals surface area contributed by atoms with E-state index in [4.69, 9.17) is 24.1 Å². The fraction of sp³-hybridized carbons (Fsp3) is 0.390. The van der Waals surface area contributed by atoms with Crippen LogP contribution >= 0.6 is 11.8 Å². The summed E-state index contributed by atoms with van der Waals surface area (Å²) in [6.45, 7) is 5.68. The number of aromatic nitrogens is 6. The number of tetrazole rings is 1. The quantitative estimate of drug-likeness (QED) is 0.119. The standard InChI is InChI=1S/C32H33N3O5.C9H15N5O2S/c1-24-5-14-31(34-22-24)39-28-12-10-27(11-13-28)38-23-26-15-19-35(20-16-26)32(36)40-29-8-6-25(7-9-29)17-21-37-30-4-2-3-18-33-30;1-13-8(10-11-12-13)17-6-7-2-4-14(5-3-7)9(15)16/h2-14,18,22,26H,15-17,19-21,23H2,1H3;7H,2-6H2,1H3,(H,15,16). The van der Waals surface area contributed by atoms with Gasteiger partial charge < -0.3 is 33.9 Å². The maximum atomic E-state index is 12.7. The minimum absolute atomic E-state index is 0.316. The molecule has 2 amide bonds. The lowest BCUT2D eigenvalue weighted by Gasteiger charge is -2.31. The third-order valence-electron chi connectivity index (χ3n) is 9.61. The van der Waals surface area contributed by atoms with E-state index in [1.165, 1.54) is 4.90 Å². The van der Waals surface area contributed by atoms with E-state index >= 15 is 0 Å². The van der Waals surface area contributed by atoms with Gasteiger partial charge in [-0.05, 0) is 108 Å². The zero-order chi connectivity index (χ0) is 39.8. The highest BCUT2D eigenvalue weighted by atomic mass is 32.2. The molecule has 16 heteroatoms. The summed E-state index contributed by atoms with van der Waals surface area (Å²) in [5.74, 6) is 5.08. The number of amides is 2. The fourth-order valence-corrected chi connectivity index (χ4v) is 7.19. The molecule has 0 atom stereocenters. The molecule has 2 aliphatic heterocycles. The number of pyridine rings is 2. The van der Waals surface area contributed by atoms with E-state index in [-0.39, 0.29) is 6.09 Å². The average molecular weight is 797 g/mol. The molecule has 5 heterocycles. The molecule has 5 aromatic rings. The number of carbonyl (C=O) groups excluding carboxylic acids is 1. The molecule has 0 radical (unpaired) electrons. The van der Waals surface area contributed by atoms with Gasteiger partial charge in [0.25, 0.3) is 0 Å². The van der Waals surface area contributed by atoms with Crippen molar-refractivity contribution in [2.24, 2.45) is 18.9 Å². The summed E-state index contributed by atoms with van der Waals surface area (Å²) in [7, 11) is 1.81. The smallest absolute Gasteiger partial charge is 0.415 e. The minimum atomic E-state index is -0.811. The Morgan fingerprint density at radius 3 is 2.14 bits per heavy atom. The number of ether oxygens (including phenoxy) is 4. The van der Waals surface area contributed by atoms with Crippen LogP contribution in [0.4, 0.5) is 9.59 Å². The van der Waals surface area contributed by atoms with E-state index in [0.717, 1.165) is 59.9 Å². The first kappa shape index (κ1) is 40.8. The largest absolute Gasteiger partial charge is 0.493 e. The number of aryl methyl sites for hydroxylation is 2. The van der Waals surface area contributed by atoms with Gasteiger partial charge in [0.2, 0.25) is 16.9 Å². The highest BCUT2D eigenvalue weighted by Crippen LogP contribution is 2.26. The minimum Gasteiger partial charge on any atom is -0.493 e. The molecule has 300 valence electrons. The average Bonchev–Trinajstić information content (AvgIpc) is 3.66. The number of benzene rings is 2. The highest BCUT2D eigenvalue weighted by molar-refractivity contribution is 7.99. The lowest BCUT2D eigenvalue weighted by atomic mass is 9.98. The predicted octanol–water partition coefficient (Wildman–Crippen LogP) is 7.18. The summed E-state index contributed by atoms with van der Waals surface area (Å²) < 4.78 is 24.7. The molecular weight excluding hydrogens is 749 g/mol. The third kappa shape index (κ3) is 13.1. The van der Waals surface area contributed by atoms with Crippen molar-refractivity contribution < 1.29 is 33.6 Å². The number of rotatable bonds is 13. The summed E-state index contributed by atoms with van der Waals surface area (Å²) >= 11 is 1.63. The summed E-state index contributed by atoms with van der Waals surface area (Å²) in [6, 6.07) is 24.5. The van der Waals surface area contributed by atoms with E-state index in [9.17, 15) is 9.59 Å². The zero-order valence-electron chi connectivity index (χ0n) is 32.2. The van der Waals surface area contributed by atoms with Crippen molar-refractivity contribution in [3.8, 4) is 29.0 Å². The molecule has 2 saturated heterocycles. The Morgan fingerprint density at radius 1 is 0.789 bits per heavy atom. The van der Waals surface area contributed by atoms with Gasteiger partial charge >= 0.3 is 12.2 Å². The molecule has 1 N–H and O–H groups in total. The third-order valence-corrected chi connectivity index (χ3v) is 10.9. The van der Waals surface area contributed by atoms with E-state index < -0.39 is 6.09 Å². The molecule has 0 spiro atoms. The molecule has 2 aromatic carbocycles. The first-order valence-corrected chi connectivity index (χ1v) is 20.0. The van der Waals surface area contributed by atoms with Crippen molar-refractivity contribution in [1.29, 1.82) is 0 Å². The van der Waals surface area contributed by atoms with Crippen molar-refractivity contribution >= 4 is 23.9 Å². The van der Waals surface area contributed by atoms with Gasteiger partial charge in [-0.2, -0.15) is 0 Å². The Labute approximate surface area is 336 Å². The first-order valence-electron chi connectivity index (χ1n) is 19.0. The number of piperidine rings is 2. The van der Waals surface area contributed by atoms with Gasteiger partial charge in [-0.1, -0.05) is 36.0 Å². The van der Waals surface area contributed by atoms with Crippen LogP contribution in [0.1, 0.15) is 36.8 Å². The monoisotopic (exact) mass is 796 g/mol. The van der Waals surface area contributed by atoms with Crippen molar-refractivity contribution in [2.75, 3.05) is 45.1 Å². The van der Waals surface area contributed by atoms with Crippen LogP contribution in [-0.4, -0.2) is 102 Å². The number of hydrogen-bond acceptors (Lipinski definition) is 12. The maximum Gasteiger partial charge on any atom is 0.415 e. The lowest BCUT2D eigenvalue weighted by Crippen LogP contribution is -2.41. The van der Waals surface area contributed by atoms with Crippen LogP contribution < -0.4 is 18.9 Å². The molecule has 0 saturated carbocycles. The second-order valence-electron chi connectivity index (χ2n) is 13.9. The molecule has 15 nitrogen and oxygen atoms in total. The number of nitrogens with zero attached hydrogens (tertiary/aromatic N) is 8. The summed E-state index contributed by atoms with van der Waals surface area (Å²) in [5, 5.41) is 20.9. The van der Waals surface area contributed by atoms with Crippen LogP contribution in [-0.2, 0) is 13.5 Å². The molecule has 0 bridgehead atoms. The van der Waals surface area contributed by atoms with Crippen molar-refractivity contribution in [1.82, 2.24) is 40.0 Å². The summed E-state index contributed by atoms with van der Waals surface area (Å²) in [6.07, 6.45) is 6.67. The summed E-state index contributed by atoms with van der Waals surface area (Å²) in [5.41, 5.74) is 2.19. The Morgan fingerprint density at radius 2 is 1.49 bits per heavy atom. The van der Waals surface area contributed by atoms with E-state index in [1.807, 2.05) is 92.8 Å². The number of likely N-dealkylation sites (tertiary alicyclic amines) is 2. The van der Waals surface area contributed by atoms with Gasteiger partial charge in [-0.25, -0.2) is 24.2 Å². The SMILES string of the molecule is Cc1ccc(Oc2ccc(OCC3CCN(C(=O)Oc4ccc(CCOc5ccccn5)cc4)CC3)cc2)nc1.Cn1nnnc1SCC1CCN(C(=O)O)CC1. The van der Waals surface area contributed by atoms with E-state index in [2.05, 4.69) is 25.5 Å². The maximum absolute atomic E-state index is 12.7. The van der Waals surface area contributed by atoms with Crippen LogP contribution in [0.25, 0.3) is 0 Å². The van der Waals surface area contributed by atoms with Crippen LogP contribution in [0.5, 0.6) is 29.0 Å². The van der Waals surface area contributed by atoms with Gasteiger partial charge in [0, 0.05) is 69.9 Å². The highest BCUT2D eigenvalue weighted by Gasteiger charge is 2.25. The molecular formula is C41H48N8O7S. The molecule has 57 heavy (non-hydrogen) atoms. The fourth-order valence-electron chi connectivity index (χ4n) is 6.16. The Kier molecular flexibility index (Phi) is 14.9. The van der Waals surface area contributed by atoms with Gasteiger partial charge in [-0.3, -0.25) is 0 Å². The Hall–Kier alpha value is -5.90. The van der Waals surface area contributed by atoms with Crippen LogP contribution in [0, 0.1) is 18.8 Å². The molecule has 2 aliphatic rings. The molecule has 0 aliphatic carbocycles.